The molecule has 7 aromatic carbocycles. The highest BCUT2D eigenvalue weighted by Crippen LogP contribution is 2.45. The molecule has 0 fully saturated rings. The van der Waals surface area contributed by atoms with Crippen molar-refractivity contribution in [2.45, 2.75) is 6.42 Å². The molecule has 0 saturated heterocycles. The number of allylic oxidation sites excluding steroid dienone is 3. The number of fused-ring (bicyclic) bond motifs is 13. The molecule has 5 heteroatoms. The van der Waals surface area contributed by atoms with Crippen LogP contribution in [0.3, 0.4) is 0 Å². The molecular formula is C54H33N3S2. The van der Waals surface area contributed by atoms with Gasteiger partial charge in [0.15, 0.2) is 0 Å². The average molecular weight is 788 g/mol. The second-order valence-corrected chi connectivity index (χ2v) is 17.5. The molecule has 0 atom stereocenters. The van der Waals surface area contributed by atoms with Gasteiger partial charge in [0.05, 0.1) is 27.8 Å². The fraction of sp³-hybridized carbons (Fsp3) is 0.0185. The summed E-state index contributed by atoms with van der Waals surface area (Å²) in [7, 11) is 0. The minimum Gasteiger partial charge on any atom is -0.307 e. The van der Waals surface area contributed by atoms with Gasteiger partial charge in [0.1, 0.15) is 5.82 Å². The molecule has 0 amide bonds. The fourth-order valence-electron chi connectivity index (χ4n) is 9.63. The van der Waals surface area contributed by atoms with Gasteiger partial charge in [-0.3, -0.25) is 4.57 Å². The van der Waals surface area contributed by atoms with Crippen LogP contribution in [0, 0.1) is 0 Å². The topological polar surface area (TPSA) is 22.8 Å². The second-order valence-electron chi connectivity index (χ2n) is 15.4. The third-order valence-corrected chi connectivity index (χ3v) is 14.7. The van der Waals surface area contributed by atoms with Crippen molar-refractivity contribution >= 4 is 103 Å². The van der Waals surface area contributed by atoms with E-state index in [0.717, 1.165) is 40.2 Å². The molecule has 0 aliphatic heterocycles. The number of para-hydroxylation sites is 2. The first-order valence-electron chi connectivity index (χ1n) is 20.1. The lowest BCUT2D eigenvalue weighted by Gasteiger charge is -2.14. The smallest absolute Gasteiger partial charge is 0.138 e. The first-order valence-corrected chi connectivity index (χ1v) is 21.7. The molecule has 3 nitrogen and oxygen atoms in total. The molecule has 13 rings (SSSR count). The molecule has 276 valence electrons. The molecule has 59 heavy (non-hydrogen) atoms. The Morgan fingerprint density at radius 2 is 1.14 bits per heavy atom. The van der Waals surface area contributed by atoms with Gasteiger partial charge in [-0.2, -0.15) is 0 Å². The minimum atomic E-state index is 0.901. The molecular weight excluding hydrogens is 755 g/mol. The SMILES string of the molecule is C1=CCc2c(sc3c(-c4cccc(-n5c6ccccc6c6ccc7c8ccccc8n(-c8cccc(-c9cccc%10c9sc9ccccc9%10)n8)c7c65)c4)cccc23)C=C1. The summed E-state index contributed by atoms with van der Waals surface area (Å²) < 4.78 is 8.80. The zero-order valence-corrected chi connectivity index (χ0v) is 33.4. The Bertz CT molecular complexity index is 3770. The lowest BCUT2D eigenvalue weighted by molar-refractivity contribution is 1.08. The van der Waals surface area contributed by atoms with Crippen LogP contribution in [0.25, 0.3) is 114 Å². The van der Waals surface area contributed by atoms with E-state index >= 15 is 0 Å². The Hall–Kier alpha value is -7.05. The number of rotatable bonds is 4. The summed E-state index contributed by atoms with van der Waals surface area (Å²) in [6.07, 6.45) is 9.81. The van der Waals surface area contributed by atoms with E-state index in [-0.39, 0.29) is 0 Å². The van der Waals surface area contributed by atoms with E-state index in [4.69, 9.17) is 4.98 Å². The summed E-state index contributed by atoms with van der Waals surface area (Å²) in [5, 5.41) is 8.79. The number of benzene rings is 7. The maximum absolute atomic E-state index is 5.54. The van der Waals surface area contributed by atoms with Crippen LogP contribution in [0.4, 0.5) is 0 Å². The van der Waals surface area contributed by atoms with Gasteiger partial charge in [0.25, 0.3) is 0 Å². The van der Waals surface area contributed by atoms with Crippen LogP contribution in [-0.4, -0.2) is 14.1 Å². The molecule has 0 N–H and O–H groups in total. The molecule has 0 bridgehead atoms. The maximum Gasteiger partial charge on any atom is 0.138 e. The van der Waals surface area contributed by atoms with Crippen molar-refractivity contribution in [3.63, 3.8) is 0 Å². The van der Waals surface area contributed by atoms with Crippen molar-refractivity contribution in [1.29, 1.82) is 0 Å². The predicted molar refractivity (Wildman–Crippen MR) is 254 cm³/mol. The van der Waals surface area contributed by atoms with Crippen molar-refractivity contribution in [2.75, 3.05) is 0 Å². The number of pyridine rings is 1. The number of aromatic nitrogens is 3. The third kappa shape index (κ3) is 4.83. The summed E-state index contributed by atoms with van der Waals surface area (Å²) in [6.45, 7) is 0. The zero-order valence-electron chi connectivity index (χ0n) is 31.8. The summed E-state index contributed by atoms with van der Waals surface area (Å²) in [6, 6.07) is 60.1. The Balaban J connectivity index is 1.08. The lowest BCUT2D eigenvalue weighted by Crippen LogP contribution is -2.01. The molecule has 1 aliphatic rings. The van der Waals surface area contributed by atoms with E-state index in [1.165, 1.54) is 84.4 Å². The first-order chi connectivity index (χ1) is 29.3. The van der Waals surface area contributed by atoms with E-state index < -0.39 is 0 Å². The van der Waals surface area contributed by atoms with Crippen LogP contribution in [0.1, 0.15) is 10.4 Å². The van der Waals surface area contributed by atoms with Gasteiger partial charge >= 0.3 is 0 Å². The average Bonchev–Trinajstić information content (AvgIpc) is 4.00. The van der Waals surface area contributed by atoms with Crippen LogP contribution >= 0.6 is 22.7 Å². The highest BCUT2D eigenvalue weighted by atomic mass is 32.1. The fourth-order valence-corrected chi connectivity index (χ4v) is 12.1. The maximum atomic E-state index is 5.54. The summed E-state index contributed by atoms with van der Waals surface area (Å²) >= 11 is 3.75. The van der Waals surface area contributed by atoms with Gasteiger partial charge < -0.3 is 4.57 Å². The van der Waals surface area contributed by atoms with Gasteiger partial charge in [-0.25, -0.2) is 4.98 Å². The quantitative estimate of drug-likeness (QED) is 0.174. The van der Waals surface area contributed by atoms with Crippen LogP contribution in [0.5, 0.6) is 0 Å². The van der Waals surface area contributed by atoms with Crippen LogP contribution in [0.15, 0.2) is 182 Å². The van der Waals surface area contributed by atoms with Crippen molar-refractivity contribution < 1.29 is 0 Å². The molecule has 1 aliphatic carbocycles. The van der Waals surface area contributed by atoms with Crippen molar-refractivity contribution in [3.8, 4) is 33.9 Å². The van der Waals surface area contributed by atoms with Crippen LogP contribution < -0.4 is 0 Å². The van der Waals surface area contributed by atoms with Crippen LogP contribution in [0.2, 0.25) is 0 Å². The van der Waals surface area contributed by atoms with Crippen molar-refractivity contribution in [3.05, 3.63) is 192 Å². The van der Waals surface area contributed by atoms with Crippen molar-refractivity contribution in [2.24, 2.45) is 0 Å². The molecule has 5 heterocycles. The van der Waals surface area contributed by atoms with Gasteiger partial charge in [0.2, 0.25) is 0 Å². The number of nitrogens with zero attached hydrogens (tertiary/aromatic N) is 3. The standard InChI is InChI=1S/C54H33N3S2/c1-2-18-38-42-21-11-20-35(53(42)58-48(38)27-3-1)33-14-10-15-34(32-33)56-46-25-7-4-16-36(46)40-30-31-41-37-17-5-8-26-47(37)57(52(41)51(40)56)50-29-13-24-45(55-50)44-23-12-22-43-39-19-6-9-28-49(39)59-54(43)44/h1-17,19-32H,18H2. The minimum absolute atomic E-state index is 0.901. The molecule has 0 unspecified atom stereocenters. The van der Waals surface area contributed by atoms with Crippen LogP contribution in [-0.2, 0) is 6.42 Å². The molecule has 0 saturated carbocycles. The second kappa shape index (κ2) is 12.7. The third-order valence-electron chi connectivity index (χ3n) is 12.2. The Labute approximate surface area is 347 Å². The molecule has 0 radical (unpaired) electrons. The first kappa shape index (κ1) is 33.0. The van der Waals surface area contributed by atoms with Gasteiger partial charge in [0, 0.05) is 62.5 Å². The Kier molecular flexibility index (Phi) is 7.11. The van der Waals surface area contributed by atoms with Gasteiger partial charge in [-0.05, 0) is 77.0 Å². The van der Waals surface area contributed by atoms with Crippen molar-refractivity contribution in [1.82, 2.24) is 14.1 Å². The highest BCUT2D eigenvalue weighted by molar-refractivity contribution is 7.26. The summed E-state index contributed by atoms with van der Waals surface area (Å²) in [5.41, 5.74) is 11.8. The monoisotopic (exact) mass is 787 g/mol. The Morgan fingerprint density at radius 3 is 1.98 bits per heavy atom. The summed E-state index contributed by atoms with van der Waals surface area (Å²) in [4.78, 5) is 6.89. The normalized spacial score (nSPS) is 12.9. The Morgan fingerprint density at radius 1 is 0.475 bits per heavy atom. The number of hydrogen-bond acceptors (Lipinski definition) is 3. The van der Waals surface area contributed by atoms with E-state index in [2.05, 4.69) is 197 Å². The zero-order chi connectivity index (χ0) is 38.6. The molecule has 12 aromatic rings. The van der Waals surface area contributed by atoms with E-state index in [1.807, 2.05) is 22.7 Å². The van der Waals surface area contributed by atoms with Gasteiger partial charge in [-0.1, -0.05) is 140 Å². The predicted octanol–water partition coefficient (Wildman–Crippen LogP) is 15.3. The van der Waals surface area contributed by atoms with E-state index in [1.54, 1.807) is 0 Å². The lowest BCUT2D eigenvalue weighted by atomic mass is 10.0. The highest BCUT2D eigenvalue weighted by Gasteiger charge is 2.23. The number of hydrogen-bond donors (Lipinski definition) is 0. The van der Waals surface area contributed by atoms with E-state index in [9.17, 15) is 0 Å². The summed E-state index contributed by atoms with van der Waals surface area (Å²) in [5.74, 6) is 0.901. The largest absolute Gasteiger partial charge is 0.307 e. The molecule has 0 spiro atoms. The number of thiophene rings is 2. The molecule has 5 aromatic heterocycles. The van der Waals surface area contributed by atoms with E-state index in [0.29, 0.717) is 0 Å². The van der Waals surface area contributed by atoms with Gasteiger partial charge in [-0.15, -0.1) is 22.7 Å².